The van der Waals surface area contributed by atoms with Crippen LogP contribution in [0, 0.1) is 32.8 Å². The Morgan fingerprint density at radius 1 is 1.50 bits per heavy atom. The van der Waals surface area contributed by atoms with Gasteiger partial charge in [-0.1, -0.05) is 0 Å². The molecule has 0 amide bonds. The topological polar surface area (TPSA) is 129 Å². The number of hydrogen-bond donors (Lipinski definition) is 1. The molecule has 0 heterocycles. The second-order valence-corrected chi connectivity index (χ2v) is 4.75. The van der Waals surface area contributed by atoms with Gasteiger partial charge in [0.1, 0.15) is 17.7 Å². The largest absolute Gasteiger partial charge is 0.468 e. The number of ether oxygens (including phenoxy) is 1. The van der Waals surface area contributed by atoms with Gasteiger partial charge in [0.15, 0.2) is 0 Å². The minimum atomic E-state index is -0.579. The van der Waals surface area contributed by atoms with Crippen LogP contribution in [0.5, 0.6) is 0 Å². The van der Waals surface area contributed by atoms with E-state index in [1.165, 1.54) is 25.3 Å². The standard InChI is InChI=1S/C13H10N4O4S/c1-21-13(18)8-22-12-3-2-10(4-11(12)17(19)20)16-7-9(5-14)6-15/h2-4,7,16H,8H2,1H3. The van der Waals surface area contributed by atoms with Crippen molar-refractivity contribution in [2.75, 3.05) is 18.2 Å². The lowest BCUT2D eigenvalue weighted by molar-refractivity contribution is -0.387. The summed E-state index contributed by atoms with van der Waals surface area (Å²) in [4.78, 5) is 21.9. The van der Waals surface area contributed by atoms with Crippen LogP contribution in [-0.2, 0) is 9.53 Å². The van der Waals surface area contributed by atoms with Crippen LogP contribution in [-0.4, -0.2) is 23.8 Å². The molecule has 0 saturated carbocycles. The second-order valence-electron chi connectivity index (χ2n) is 3.73. The summed E-state index contributed by atoms with van der Waals surface area (Å²) in [5.41, 5.74) is -0.00770. The van der Waals surface area contributed by atoms with Crippen LogP contribution in [0.4, 0.5) is 11.4 Å². The highest BCUT2D eigenvalue weighted by Gasteiger charge is 2.16. The van der Waals surface area contributed by atoms with Gasteiger partial charge in [-0.15, -0.1) is 11.8 Å². The third-order valence-electron chi connectivity index (χ3n) is 2.35. The number of anilines is 1. The van der Waals surface area contributed by atoms with Crippen molar-refractivity contribution in [2.24, 2.45) is 0 Å². The normalized spacial score (nSPS) is 9.05. The summed E-state index contributed by atoms with van der Waals surface area (Å²) in [6.45, 7) is 0. The minimum absolute atomic E-state index is 0.0446. The summed E-state index contributed by atoms with van der Waals surface area (Å²) < 4.78 is 4.47. The number of benzene rings is 1. The molecule has 0 unspecified atom stereocenters. The van der Waals surface area contributed by atoms with E-state index in [4.69, 9.17) is 10.5 Å². The quantitative estimate of drug-likeness (QED) is 0.278. The molecule has 0 fully saturated rings. The molecule has 1 rings (SSSR count). The number of nitrogens with one attached hydrogen (secondary N) is 1. The summed E-state index contributed by atoms with van der Waals surface area (Å²) in [5, 5.41) is 30.9. The van der Waals surface area contributed by atoms with Gasteiger partial charge in [-0.3, -0.25) is 14.9 Å². The molecule has 0 atom stereocenters. The molecule has 1 N–H and O–H groups in total. The fourth-order valence-electron chi connectivity index (χ4n) is 1.31. The summed E-state index contributed by atoms with van der Waals surface area (Å²) >= 11 is 0.986. The lowest BCUT2D eigenvalue weighted by Crippen LogP contribution is -2.03. The molecular formula is C13H10N4O4S. The molecule has 9 heteroatoms. The van der Waals surface area contributed by atoms with Gasteiger partial charge < -0.3 is 10.1 Å². The number of nitro groups is 1. The van der Waals surface area contributed by atoms with Gasteiger partial charge in [-0.05, 0) is 12.1 Å². The van der Waals surface area contributed by atoms with Crippen molar-refractivity contribution in [3.05, 3.63) is 40.1 Å². The molecule has 0 radical (unpaired) electrons. The van der Waals surface area contributed by atoms with Crippen molar-refractivity contribution in [3.8, 4) is 12.1 Å². The number of allylic oxidation sites excluding steroid dienone is 1. The second kappa shape index (κ2) is 8.29. The fourth-order valence-corrected chi connectivity index (χ4v) is 2.15. The average molecular weight is 318 g/mol. The fraction of sp³-hybridized carbons (Fsp3) is 0.154. The predicted octanol–water partition coefficient (Wildman–Crippen LogP) is 2.20. The Hall–Kier alpha value is -3.04. The van der Waals surface area contributed by atoms with Crippen molar-refractivity contribution >= 4 is 29.1 Å². The molecule has 0 aromatic heterocycles. The van der Waals surface area contributed by atoms with E-state index in [0.717, 1.165) is 18.0 Å². The Balaban J connectivity index is 2.98. The van der Waals surface area contributed by atoms with Crippen molar-refractivity contribution in [1.29, 1.82) is 10.5 Å². The van der Waals surface area contributed by atoms with E-state index in [0.29, 0.717) is 10.6 Å². The average Bonchev–Trinajstić information content (AvgIpc) is 2.53. The number of rotatable bonds is 6. The zero-order valence-corrected chi connectivity index (χ0v) is 12.2. The zero-order chi connectivity index (χ0) is 16.5. The van der Waals surface area contributed by atoms with E-state index in [9.17, 15) is 14.9 Å². The molecule has 1 aromatic rings. The van der Waals surface area contributed by atoms with E-state index in [1.54, 1.807) is 12.1 Å². The number of methoxy groups -OCH3 is 1. The highest BCUT2D eigenvalue weighted by atomic mass is 32.2. The number of hydrogen-bond acceptors (Lipinski definition) is 8. The van der Waals surface area contributed by atoms with Gasteiger partial charge >= 0.3 is 5.97 Å². The molecule has 0 spiro atoms. The first kappa shape index (κ1) is 17.0. The SMILES string of the molecule is COC(=O)CSc1ccc(NC=C(C#N)C#N)cc1[N+](=O)[O-]. The van der Waals surface area contributed by atoms with Gasteiger partial charge in [-0.25, -0.2) is 0 Å². The van der Waals surface area contributed by atoms with Crippen LogP contribution in [0.1, 0.15) is 0 Å². The molecule has 1 aromatic carbocycles. The smallest absolute Gasteiger partial charge is 0.315 e. The molecule has 0 bridgehead atoms. The number of nitrogens with zero attached hydrogens (tertiary/aromatic N) is 3. The van der Waals surface area contributed by atoms with Crippen molar-refractivity contribution in [3.63, 3.8) is 0 Å². The predicted molar refractivity (Wildman–Crippen MR) is 78.8 cm³/mol. The van der Waals surface area contributed by atoms with E-state index in [2.05, 4.69) is 10.1 Å². The number of carbonyl (C=O) groups is 1. The maximum atomic E-state index is 11.1. The highest BCUT2D eigenvalue weighted by Crippen LogP contribution is 2.31. The van der Waals surface area contributed by atoms with Crippen LogP contribution >= 0.6 is 11.8 Å². The Labute approximate surface area is 130 Å². The number of esters is 1. The van der Waals surface area contributed by atoms with E-state index >= 15 is 0 Å². The third kappa shape index (κ3) is 4.81. The molecule has 22 heavy (non-hydrogen) atoms. The molecule has 0 aliphatic rings. The summed E-state index contributed by atoms with van der Waals surface area (Å²) in [7, 11) is 1.23. The lowest BCUT2D eigenvalue weighted by atomic mass is 10.2. The number of nitriles is 2. The maximum Gasteiger partial charge on any atom is 0.315 e. The number of nitro benzene ring substituents is 1. The van der Waals surface area contributed by atoms with E-state index in [1.807, 2.05) is 0 Å². The third-order valence-corrected chi connectivity index (χ3v) is 3.39. The summed E-state index contributed by atoms with van der Waals surface area (Å²) in [5.74, 6) is -0.533. The van der Waals surface area contributed by atoms with Crippen molar-refractivity contribution in [1.82, 2.24) is 0 Å². The van der Waals surface area contributed by atoms with Gasteiger partial charge in [0.05, 0.1) is 22.7 Å². The molecule has 0 aliphatic carbocycles. The summed E-state index contributed by atoms with van der Waals surface area (Å²) in [6, 6.07) is 7.58. The van der Waals surface area contributed by atoms with Crippen LogP contribution in [0.15, 0.2) is 34.9 Å². The molecule has 0 saturated heterocycles. The lowest BCUT2D eigenvalue weighted by Gasteiger charge is -2.05. The van der Waals surface area contributed by atoms with Crippen molar-refractivity contribution < 1.29 is 14.5 Å². The van der Waals surface area contributed by atoms with Crippen LogP contribution in [0.3, 0.4) is 0 Å². The first-order valence-corrected chi connectivity index (χ1v) is 6.75. The van der Waals surface area contributed by atoms with Crippen LogP contribution in [0.25, 0.3) is 0 Å². The zero-order valence-electron chi connectivity index (χ0n) is 11.4. The van der Waals surface area contributed by atoms with Crippen molar-refractivity contribution in [2.45, 2.75) is 4.90 Å². The minimum Gasteiger partial charge on any atom is -0.468 e. The van der Waals surface area contributed by atoms with Gasteiger partial charge in [-0.2, -0.15) is 10.5 Å². The van der Waals surface area contributed by atoms with E-state index in [-0.39, 0.29) is 17.0 Å². The summed E-state index contributed by atoms with van der Waals surface area (Å²) in [6.07, 6.45) is 1.15. The Bertz CT molecular complexity index is 687. The first-order chi connectivity index (χ1) is 10.5. The molecule has 112 valence electrons. The first-order valence-electron chi connectivity index (χ1n) is 5.76. The Morgan fingerprint density at radius 3 is 2.73 bits per heavy atom. The Kier molecular flexibility index (Phi) is 6.41. The monoisotopic (exact) mass is 318 g/mol. The molecule has 8 nitrogen and oxygen atoms in total. The highest BCUT2D eigenvalue weighted by molar-refractivity contribution is 8.00. The molecular weight excluding hydrogens is 308 g/mol. The van der Waals surface area contributed by atoms with Gasteiger partial charge in [0.25, 0.3) is 5.69 Å². The molecule has 0 aliphatic heterocycles. The van der Waals surface area contributed by atoms with E-state index < -0.39 is 10.9 Å². The van der Waals surface area contributed by atoms with Crippen LogP contribution < -0.4 is 5.32 Å². The Morgan fingerprint density at radius 2 is 2.18 bits per heavy atom. The van der Waals surface area contributed by atoms with Gasteiger partial charge in [0.2, 0.25) is 0 Å². The number of carbonyl (C=O) groups excluding carboxylic acids is 1. The van der Waals surface area contributed by atoms with Crippen LogP contribution in [0.2, 0.25) is 0 Å². The maximum absolute atomic E-state index is 11.1. The number of thioether (sulfide) groups is 1. The van der Waals surface area contributed by atoms with Gasteiger partial charge in [0, 0.05) is 18.0 Å².